The van der Waals surface area contributed by atoms with Crippen molar-refractivity contribution in [3.63, 3.8) is 0 Å². The van der Waals surface area contributed by atoms with Crippen molar-refractivity contribution < 1.29 is 10.9 Å². The monoisotopic (exact) mass is 262 g/mol. The first-order valence-electron chi connectivity index (χ1n) is 7.03. The van der Waals surface area contributed by atoms with Gasteiger partial charge in [0.1, 0.15) is 0 Å². The summed E-state index contributed by atoms with van der Waals surface area (Å²) in [6.45, 7) is 11.9. The molecule has 0 aliphatic carbocycles. The minimum Gasteiger partial charge on any atom is -0.353 e. The summed E-state index contributed by atoms with van der Waals surface area (Å²) >= 11 is 0. The summed E-state index contributed by atoms with van der Waals surface area (Å²) in [5.41, 5.74) is 0. The maximum absolute atomic E-state index is 11.7. The molecule has 1 aliphatic heterocycles. The fourth-order valence-corrected chi connectivity index (χ4v) is 2.25. The van der Waals surface area contributed by atoms with Crippen LogP contribution in [0.25, 0.3) is 0 Å². The van der Waals surface area contributed by atoms with Gasteiger partial charge in [-0.05, 0) is 38.3 Å². The zero-order valence-corrected chi connectivity index (χ0v) is 12.2. The molecule has 0 aromatic rings. The molecule has 0 saturated carbocycles. The Kier molecular flexibility index (Phi) is 8.16. The fourth-order valence-electron chi connectivity index (χ4n) is 2.25. The van der Waals surface area contributed by atoms with Crippen LogP contribution in [0, 0.1) is 11.8 Å². The number of amides is 1. The Labute approximate surface area is 112 Å². The number of nitrogens with zero attached hydrogens (tertiary/aromatic N) is 1. The molecule has 0 bridgehead atoms. The van der Waals surface area contributed by atoms with Crippen LogP contribution >= 0.6 is 0 Å². The lowest BCUT2D eigenvalue weighted by Gasteiger charge is -2.26. The summed E-state index contributed by atoms with van der Waals surface area (Å²) in [6.07, 6.45) is 3.76. The first-order chi connectivity index (χ1) is 8.00. The molecular formula is C14H31FN2O. The molecule has 1 fully saturated rings. The van der Waals surface area contributed by atoms with Gasteiger partial charge in [0.15, 0.2) is 0 Å². The van der Waals surface area contributed by atoms with Crippen molar-refractivity contribution in [2.45, 2.75) is 53.0 Å². The maximum atomic E-state index is 11.7. The Morgan fingerprint density at radius 2 is 1.78 bits per heavy atom. The Hall–Kier alpha value is -0.640. The van der Waals surface area contributed by atoms with E-state index in [0.717, 1.165) is 13.0 Å². The van der Waals surface area contributed by atoms with E-state index in [1.807, 2.05) is 13.8 Å². The lowest BCUT2D eigenvalue weighted by atomic mass is 9.99. The Balaban J connectivity index is 0. The molecular weight excluding hydrogens is 231 g/mol. The van der Waals surface area contributed by atoms with Gasteiger partial charge in [-0.15, -0.1) is 0 Å². The van der Waals surface area contributed by atoms with Crippen molar-refractivity contribution in [1.29, 1.82) is 0 Å². The summed E-state index contributed by atoms with van der Waals surface area (Å²) in [4.78, 5) is 14.2. The van der Waals surface area contributed by atoms with E-state index in [9.17, 15) is 4.79 Å². The van der Waals surface area contributed by atoms with E-state index in [0.29, 0.717) is 12.0 Å². The minimum absolute atomic E-state index is 0. The average Bonchev–Trinajstić information content (AvgIpc) is 2.75. The average molecular weight is 262 g/mol. The second-order valence-corrected chi connectivity index (χ2v) is 5.85. The van der Waals surface area contributed by atoms with E-state index in [2.05, 4.69) is 24.1 Å². The van der Waals surface area contributed by atoms with Crippen LogP contribution in [0.5, 0.6) is 0 Å². The van der Waals surface area contributed by atoms with Crippen LogP contribution in [0.3, 0.4) is 0 Å². The first-order valence-corrected chi connectivity index (χ1v) is 7.03. The molecule has 0 radical (unpaired) electrons. The van der Waals surface area contributed by atoms with E-state index in [1.54, 1.807) is 0 Å². The van der Waals surface area contributed by atoms with Crippen LogP contribution in [0.2, 0.25) is 0 Å². The number of carbonyl (C=O) groups is 1. The smallest absolute Gasteiger partial charge is 0.222 e. The van der Waals surface area contributed by atoms with Crippen LogP contribution < -0.4 is 5.32 Å². The van der Waals surface area contributed by atoms with Crippen molar-refractivity contribution >= 4 is 5.91 Å². The molecule has 0 aromatic carbocycles. The highest BCUT2D eigenvalue weighted by Crippen LogP contribution is 2.12. The lowest BCUT2D eigenvalue weighted by Crippen LogP contribution is -2.42. The number of nitrogens with one attached hydrogen (secondary N) is 1. The highest BCUT2D eigenvalue weighted by molar-refractivity contribution is 5.78. The van der Waals surface area contributed by atoms with Crippen LogP contribution in [0.15, 0.2) is 0 Å². The lowest BCUT2D eigenvalue weighted by molar-refractivity contribution is -0.125. The third-order valence-electron chi connectivity index (χ3n) is 3.61. The van der Waals surface area contributed by atoms with Gasteiger partial charge in [-0.3, -0.25) is 9.50 Å². The highest BCUT2D eigenvalue weighted by Gasteiger charge is 2.20. The zero-order chi connectivity index (χ0) is 12.8. The number of halogens is 1. The Morgan fingerprint density at radius 3 is 2.22 bits per heavy atom. The van der Waals surface area contributed by atoms with Crippen molar-refractivity contribution in [3.05, 3.63) is 0 Å². The molecule has 1 aliphatic rings. The molecule has 1 N–H and O–H groups in total. The number of hydrogen-bond donors (Lipinski definition) is 1. The van der Waals surface area contributed by atoms with Gasteiger partial charge in [-0.2, -0.15) is 0 Å². The molecule has 3 nitrogen and oxygen atoms in total. The molecule has 1 saturated heterocycles. The molecule has 1 amide bonds. The molecule has 1 rings (SSSR count). The first kappa shape index (κ1) is 17.4. The van der Waals surface area contributed by atoms with Gasteiger partial charge in [-0.1, -0.05) is 27.7 Å². The van der Waals surface area contributed by atoms with Gasteiger partial charge in [0.25, 0.3) is 0 Å². The van der Waals surface area contributed by atoms with E-state index >= 15 is 0 Å². The van der Waals surface area contributed by atoms with Crippen molar-refractivity contribution in [2.24, 2.45) is 11.8 Å². The second kappa shape index (κ2) is 8.46. The van der Waals surface area contributed by atoms with E-state index in [-0.39, 0.29) is 18.0 Å². The van der Waals surface area contributed by atoms with E-state index in [1.165, 1.54) is 25.9 Å². The second-order valence-electron chi connectivity index (χ2n) is 5.85. The standard InChI is InChI=1S/C14H28N2O.FH.H2/c1-11(2)13(15-14(17)12(3)4)7-10-16-8-5-6-9-16;;/h11-13H,5-10H2,1-4H3,(H,15,17);2*1H. The van der Waals surface area contributed by atoms with Gasteiger partial charge in [0.05, 0.1) is 0 Å². The van der Waals surface area contributed by atoms with Gasteiger partial charge >= 0.3 is 0 Å². The molecule has 1 heterocycles. The molecule has 0 aromatic heterocycles. The molecule has 1 unspecified atom stereocenters. The quantitative estimate of drug-likeness (QED) is 0.798. The van der Waals surface area contributed by atoms with Crippen LogP contribution in [-0.2, 0) is 4.79 Å². The number of rotatable bonds is 6. The fraction of sp³-hybridized carbons (Fsp3) is 0.929. The van der Waals surface area contributed by atoms with E-state index < -0.39 is 0 Å². The maximum Gasteiger partial charge on any atom is 0.222 e. The Bertz CT molecular complexity index is 244. The van der Waals surface area contributed by atoms with Crippen LogP contribution in [-0.4, -0.2) is 36.5 Å². The normalized spacial score (nSPS) is 17.9. The summed E-state index contributed by atoms with van der Waals surface area (Å²) in [5, 5.41) is 3.17. The van der Waals surface area contributed by atoms with E-state index in [4.69, 9.17) is 0 Å². The summed E-state index contributed by atoms with van der Waals surface area (Å²) in [5.74, 6) is 0.786. The SMILES string of the molecule is CC(C)C(=O)NC(CCN1CCCC1)C(C)C.F.[HH]. The molecule has 1 atom stereocenters. The molecule has 0 spiro atoms. The van der Waals surface area contributed by atoms with Crippen molar-refractivity contribution in [1.82, 2.24) is 10.2 Å². The predicted octanol–water partition coefficient (Wildman–Crippen LogP) is 2.67. The minimum atomic E-state index is 0. The zero-order valence-electron chi connectivity index (χ0n) is 12.2. The van der Waals surface area contributed by atoms with Crippen molar-refractivity contribution in [3.8, 4) is 0 Å². The van der Waals surface area contributed by atoms with Crippen LogP contribution in [0.4, 0.5) is 4.70 Å². The van der Waals surface area contributed by atoms with Gasteiger partial charge < -0.3 is 10.2 Å². The third-order valence-corrected chi connectivity index (χ3v) is 3.61. The largest absolute Gasteiger partial charge is 0.353 e. The van der Waals surface area contributed by atoms with Crippen molar-refractivity contribution in [2.75, 3.05) is 19.6 Å². The Morgan fingerprint density at radius 1 is 1.22 bits per heavy atom. The third kappa shape index (κ3) is 5.80. The van der Waals surface area contributed by atoms with Gasteiger partial charge in [-0.25, -0.2) is 0 Å². The topological polar surface area (TPSA) is 32.3 Å². The summed E-state index contributed by atoms with van der Waals surface area (Å²) in [7, 11) is 0. The number of hydrogen-bond acceptors (Lipinski definition) is 2. The highest BCUT2D eigenvalue weighted by atomic mass is 19.0. The molecule has 18 heavy (non-hydrogen) atoms. The van der Waals surface area contributed by atoms with Crippen LogP contribution in [0.1, 0.15) is 48.4 Å². The van der Waals surface area contributed by atoms with Gasteiger partial charge in [0, 0.05) is 19.9 Å². The predicted molar refractivity (Wildman–Crippen MR) is 76.5 cm³/mol. The van der Waals surface area contributed by atoms with Gasteiger partial charge in [0.2, 0.25) is 5.91 Å². The summed E-state index contributed by atoms with van der Waals surface area (Å²) < 4.78 is 0. The number of likely N-dealkylation sites (tertiary alicyclic amines) is 1. The molecule has 4 heteroatoms. The number of carbonyl (C=O) groups excluding carboxylic acids is 1. The molecule has 110 valence electrons. The summed E-state index contributed by atoms with van der Waals surface area (Å²) in [6, 6.07) is 0.325.